The van der Waals surface area contributed by atoms with Gasteiger partial charge in [0, 0.05) is 25.2 Å². The molecule has 0 atom stereocenters. The summed E-state index contributed by atoms with van der Waals surface area (Å²) >= 11 is 0. The van der Waals surface area contributed by atoms with Crippen LogP contribution in [0.3, 0.4) is 0 Å². The van der Waals surface area contributed by atoms with Crippen LogP contribution in [0.2, 0.25) is 0 Å². The molecule has 0 spiro atoms. The first-order valence-corrected chi connectivity index (χ1v) is 7.62. The average molecular weight is 298 g/mol. The normalized spacial score (nSPS) is 12.0. The van der Waals surface area contributed by atoms with Crippen molar-refractivity contribution >= 4 is 5.69 Å². The number of nitrogens with zero attached hydrogens (tertiary/aromatic N) is 1. The minimum atomic E-state index is -0.483. The van der Waals surface area contributed by atoms with Crippen molar-refractivity contribution in [1.82, 2.24) is 5.32 Å². The highest BCUT2D eigenvalue weighted by atomic mass is 19.1. The van der Waals surface area contributed by atoms with E-state index >= 15 is 0 Å². The van der Waals surface area contributed by atoms with Gasteiger partial charge in [0.2, 0.25) is 0 Å². The molecule has 0 bridgehead atoms. The quantitative estimate of drug-likeness (QED) is 0.840. The summed E-state index contributed by atoms with van der Waals surface area (Å²) < 4.78 is 28.6. The molecule has 0 aliphatic carbocycles. The lowest BCUT2D eigenvalue weighted by atomic mass is 10.1. The van der Waals surface area contributed by atoms with Crippen LogP contribution in [0.15, 0.2) is 12.1 Å². The first-order valence-electron chi connectivity index (χ1n) is 7.62. The second kappa shape index (κ2) is 7.21. The van der Waals surface area contributed by atoms with Crippen molar-refractivity contribution in [3.05, 3.63) is 29.3 Å². The lowest BCUT2D eigenvalue weighted by molar-refractivity contribution is 0.422. The molecule has 120 valence electrons. The maximum Gasteiger partial charge on any atom is 0.149 e. The van der Waals surface area contributed by atoms with Gasteiger partial charge in [0.25, 0.3) is 0 Å². The second-order valence-corrected chi connectivity index (χ2v) is 6.94. The Balaban J connectivity index is 2.98. The minimum absolute atomic E-state index is 0.0846. The van der Waals surface area contributed by atoms with Gasteiger partial charge in [-0.3, -0.25) is 0 Å². The summed E-state index contributed by atoms with van der Waals surface area (Å²) in [5.74, 6) is -0.614. The molecule has 1 aromatic carbocycles. The number of hydrogen-bond donors (Lipinski definition) is 1. The molecular weight excluding hydrogens is 270 g/mol. The van der Waals surface area contributed by atoms with Gasteiger partial charge in [-0.1, -0.05) is 13.8 Å². The smallest absolute Gasteiger partial charge is 0.149 e. The molecule has 21 heavy (non-hydrogen) atoms. The van der Waals surface area contributed by atoms with E-state index in [0.29, 0.717) is 31.1 Å². The maximum absolute atomic E-state index is 14.3. The van der Waals surface area contributed by atoms with Crippen LogP contribution in [-0.4, -0.2) is 18.6 Å². The summed E-state index contributed by atoms with van der Waals surface area (Å²) in [7, 11) is 0. The molecule has 1 aromatic rings. The first kappa shape index (κ1) is 17.9. The van der Waals surface area contributed by atoms with E-state index in [2.05, 4.69) is 5.32 Å². The molecule has 0 radical (unpaired) electrons. The highest BCUT2D eigenvalue weighted by molar-refractivity contribution is 5.50. The van der Waals surface area contributed by atoms with Crippen LogP contribution in [0.1, 0.15) is 47.1 Å². The monoisotopic (exact) mass is 298 g/mol. The van der Waals surface area contributed by atoms with Gasteiger partial charge in [0.1, 0.15) is 17.3 Å². The zero-order valence-electron chi connectivity index (χ0n) is 14.1. The number of hydrogen-bond acceptors (Lipinski definition) is 2. The van der Waals surface area contributed by atoms with Crippen molar-refractivity contribution in [2.24, 2.45) is 5.92 Å². The zero-order valence-corrected chi connectivity index (χ0v) is 14.1. The lowest BCUT2D eigenvalue weighted by Crippen LogP contribution is -2.35. The first-order chi connectivity index (χ1) is 9.64. The number of nitrogens with one attached hydrogen (secondary N) is 1. The van der Waals surface area contributed by atoms with Gasteiger partial charge in [-0.15, -0.1) is 0 Å². The van der Waals surface area contributed by atoms with Crippen LogP contribution in [0.5, 0.6) is 0 Å². The summed E-state index contributed by atoms with van der Waals surface area (Å²) in [6.45, 7) is 13.8. The third-order valence-corrected chi connectivity index (χ3v) is 3.18. The fourth-order valence-electron chi connectivity index (χ4n) is 2.21. The second-order valence-electron chi connectivity index (χ2n) is 6.94. The molecule has 0 aliphatic rings. The van der Waals surface area contributed by atoms with Crippen LogP contribution in [-0.2, 0) is 6.54 Å². The van der Waals surface area contributed by atoms with Gasteiger partial charge in [-0.05, 0) is 51.3 Å². The van der Waals surface area contributed by atoms with Crippen LogP contribution < -0.4 is 10.2 Å². The van der Waals surface area contributed by atoms with Crippen LogP contribution >= 0.6 is 0 Å². The largest absolute Gasteiger partial charge is 0.367 e. The molecule has 0 saturated carbocycles. The fraction of sp³-hybridized carbons (Fsp3) is 0.647. The van der Waals surface area contributed by atoms with E-state index in [4.69, 9.17) is 0 Å². The van der Waals surface area contributed by atoms with E-state index in [-0.39, 0.29) is 11.2 Å². The highest BCUT2D eigenvalue weighted by Crippen LogP contribution is 2.26. The summed E-state index contributed by atoms with van der Waals surface area (Å²) in [5, 5.41) is 3.24. The zero-order chi connectivity index (χ0) is 16.2. The van der Waals surface area contributed by atoms with E-state index in [9.17, 15) is 8.78 Å². The van der Waals surface area contributed by atoms with Crippen LogP contribution in [0.25, 0.3) is 0 Å². The van der Waals surface area contributed by atoms with Gasteiger partial charge in [0.15, 0.2) is 0 Å². The predicted molar refractivity (Wildman–Crippen MR) is 85.7 cm³/mol. The highest BCUT2D eigenvalue weighted by Gasteiger charge is 2.18. The summed E-state index contributed by atoms with van der Waals surface area (Å²) in [6, 6.07) is 2.86. The van der Waals surface area contributed by atoms with Gasteiger partial charge < -0.3 is 10.2 Å². The number of rotatable bonds is 6. The number of benzene rings is 1. The Morgan fingerprint density at radius 3 is 2.05 bits per heavy atom. The molecule has 1 rings (SSSR count). The third-order valence-electron chi connectivity index (χ3n) is 3.18. The summed E-state index contributed by atoms with van der Waals surface area (Å²) in [5.41, 5.74) is 0.633. The van der Waals surface area contributed by atoms with Gasteiger partial charge in [0.05, 0.1) is 0 Å². The van der Waals surface area contributed by atoms with E-state index in [1.165, 1.54) is 12.1 Å². The molecule has 0 fully saturated rings. The molecule has 0 aliphatic heterocycles. The molecular formula is C17H28F2N2. The Labute approximate surface area is 127 Å². The lowest BCUT2D eigenvalue weighted by Gasteiger charge is -2.26. The molecule has 0 aromatic heterocycles. The predicted octanol–water partition coefficient (Wildman–Crippen LogP) is 4.34. The van der Waals surface area contributed by atoms with Gasteiger partial charge in [-0.25, -0.2) is 8.78 Å². The Hall–Kier alpha value is -1.16. The van der Waals surface area contributed by atoms with Crippen molar-refractivity contribution < 1.29 is 8.78 Å². The van der Waals surface area contributed by atoms with E-state index in [0.717, 1.165) is 0 Å². The van der Waals surface area contributed by atoms with Crippen molar-refractivity contribution in [2.75, 3.05) is 18.0 Å². The van der Waals surface area contributed by atoms with Crippen molar-refractivity contribution in [2.45, 2.75) is 53.6 Å². The van der Waals surface area contributed by atoms with Gasteiger partial charge in [-0.2, -0.15) is 0 Å². The Bertz CT molecular complexity index is 441. The molecule has 1 N–H and O–H groups in total. The molecule has 2 nitrogen and oxygen atoms in total. The van der Waals surface area contributed by atoms with Crippen molar-refractivity contribution in [1.29, 1.82) is 0 Å². The standard InChI is InChI=1S/C17H28F2N2/c1-7-21(11-12(2)3)16-14(18)8-13(9-15(16)19)10-20-17(4,5)6/h8-9,12,20H,7,10-11H2,1-6H3. The van der Waals surface area contributed by atoms with E-state index in [1.807, 2.05) is 41.5 Å². The van der Waals surface area contributed by atoms with E-state index < -0.39 is 11.6 Å². The maximum atomic E-state index is 14.3. The van der Waals surface area contributed by atoms with Crippen molar-refractivity contribution in [3.8, 4) is 0 Å². The molecule has 0 saturated heterocycles. The average Bonchev–Trinajstić information content (AvgIpc) is 2.33. The Morgan fingerprint density at radius 1 is 1.14 bits per heavy atom. The minimum Gasteiger partial charge on any atom is -0.367 e. The SMILES string of the molecule is CCN(CC(C)C)c1c(F)cc(CNC(C)(C)C)cc1F. The Morgan fingerprint density at radius 2 is 1.67 bits per heavy atom. The molecule has 0 amide bonds. The van der Waals surface area contributed by atoms with E-state index in [1.54, 1.807) is 4.90 Å². The molecule has 4 heteroatoms. The summed E-state index contributed by atoms with van der Waals surface area (Å²) in [4.78, 5) is 1.76. The van der Waals surface area contributed by atoms with Crippen LogP contribution in [0.4, 0.5) is 14.5 Å². The van der Waals surface area contributed by atoms with Crippen LogP contribution in [0, 0.1) is 17.6 Å². The van der Waals surface area contributed by atoms with Crippen molar-refractivity contribution in [3.63, 3.8) is 0 Å². The number of anilines is 1. The Kier molecular flexibility index (Phi) is 6.14. The molecule has 0 heterocycles. The van der Waals surface area contributed by atoms with Gasteiger partial charge >= 0.3 is 0 Å². The third kappa shape index (κ3) is 5.62. The summed E-state index contributed by atoms with van der Waals surface area (Å²) in [6.07, 6.45) is 0. The fourth-order valence-corrected chi connectivity index (χ4v) is 2.21. The topological polar surface area (TPSA) is 15.3 Å². The molecule has 0 unspecified atom stereocenters. The number of halogens is 2.